The van der Waals surface area contributed by atoms with E-state index in [-0.39, 0.29) is 5.91 Å². The first-order valence-electron chi connectivity index (χ1n) is 6.31. The van der Waals surface area contributed by atoms with E-state index >= 15 is 0 Å². The van der Waals surface area contributed by atoms with Gasteiger partial charge in [-0.05, 0) is 32.4 Å². The number of aromatic nitrogens is 1. The Balaban J connectivity index is 2.58. The second kappa shape index (κ2) is 6.96. The fraction of sp³-hybridized carbons (Fsp3) is 0.538. The van der Waals surface area contributed by atoms with Crippen LogP contribution < -0.4 is 16.0 Å². The molecule has 0 aliphatic carbocycles. The van der Waals surface area contributed by atoms with Gasteiger partial charge in [-0.3, -0.25) is 4.79 Å². The average Bonchev–Trinajstić information content (AvgIpc) is 2.38. The fourth-order valence-electron chi connectivity index (χ4n) is 1.61. The minimum Gasteiger partial charge on any atom is -0.357 e. The van der Waals surface area contributed by atoms with Crippen molar-refractivity contribution in [3.05, 3.63) is 23.9 Å². The quantitative estimate of drug-likeness (QED) is 0.786. The van der Waals surface area contributed by atoms with Gasteiger partial charge in [0, 0.05) is 25.8 Å². The minimum atomic E-state index is -0.479. The number of hydrogen-bond acceptors (Lipinski definition) is 4. The molecule has 1 aromatic heterocycles. The van der Waals surface area contributed by atoms with E-state index in [9.17, 15) is 4.79 Å². The van der Waals surface area contributed by atoms with Crippen LogP contribution in [0.4, 0.5) is 5.82 Å². The van der Waals surface area contributed by atoms with Crippen LogP contribution in [0.15, 0.2) is 18.3 Å². The number of nitrogens with zero attached hydrogens (tertiary/aromatic N) is 2. The van der Waals surface area contributed by atoms with Gasteiger partial charge in [0.1, 0.15) is 5.82 Å². The number of amides is 1. The minimum absolute atomic E-state index is 0.150. The maximum absolute atomic E-state index is 11.3. The van der Waals surface area contributed by atoms with E-state index in [1.54, 1.807) is 13.1 Å². The van der Waals surface area contributed by atoms with Crippen LogP contribution in [0.25, 0.3) is 0 Å². The molecule has 1 atom stereocenters. The standard InChI is InChI=1S/C13H22N4O/c1-4-17(5-2)12-7-6-11(8-15-12)9-16-13(18)10(3)14/h6-8,10H,4-5,9,14H2,1-3H3,(H,16,18). The number of carbonyl (C=O) groups is 1. The molecule has 18 heavy (non-hydrogen) atoms. The highest BCUT2D eigenvalue weighted by atomic mass is 16.2. The van der Waals surface area contributed by atoms with Crippen molar-refractivity contribution in [3.63, 3.8) is 0 Å². The second-order valence-electron chi connectivity index (χ2n) is 4.20. The molecule has 0 saturated carbocycles. The van der Waals surface area contributed by atoms with Gasteiger partial charge in [-0.25, -0.2) is 4.98 Å². The first kappa shape index (κ1) is 14.4. The molecule has 1 amide bonds. The number of hydrogen-bond donors (Lipinski definition) is 2. The first-order chi connectivity index (χ1) is 8.58. The molecule has 1 unspecified atom stereocenters. The molecule has 0 aliphatic heterocycles. The normalized spacial score (nSPS) is 12.0. The summed E-state index contributed by atoms with van der Waals surface area (Å²) in [7, 11) is 0. The zero-order valence-electron chi connectivity index (χ0n) is 11.3. The molecule has 0 fully saturated rings. The Morgan fingerprint density at radius 2 is 2.11 bits per heavy atom. The molecule has 100 valence electrons. The van der Waals surface area contributed by atoms with Crippen LogP contribution in [-0.2, 0) is 11.3 Å². The molecule has 0 bridgehead atoms. The Morgan fingerprint density at radius 3 is 2.56 bits per heavy atom. The third-order valence-corrected chi connectivity index (χ3v) is 2.78. The van der Waals surface area contributed by atoms with Crippen LogP contribution in [0.2, 0.25) is 0 Å². The summed E-state index contributed by atoms with van der Waals surface area (Å²) in [5.41, 5.74) is 6.44. The molecule has 0 aliphatic rings. The number of rotatable bonds is 6. The monoisotopic (exact) mass is 250 g/mol. The van der Waals surface area contributed by atoms with Crippen molar-refractivity contribution >= 4 is 11.7 Å². The smallest absolute Gasteiger partial charge is 0.236 e. The number of nitrogens with one attached hydrogen (secondary N) is 1. The van der Waals surface area contributed by atoms with Crippen molar-refractivity contribution in [1.29, 1.82) is 0 Å². The largest absolute Gasteiger partial charge is 0.357 e. The second-order valence-corrected chi connectivity index (χ2v) is 4.20. The summed E-state index contributed by atoms with van der Waals surface area (Å²) >= 11 is 0. The zero-order chi connectivity index (χ0) is 13.5. The molecular weight excluding hydrogens is 228 g/mol. The Kier molecular flexibility index (Phi) is 5.58. The average molecular weight is 250 g/mol. The molecule has 1 heterocycles. The van der Waals surface area contributed by atoms with Crippen molar-refractivity contribution in [2.45, 2.75) is 33.4 Å². The van der Waals surface area contributed by atoms with Crippen LogP contribution in [0.1, 0.15) is 26.3 Å². The molecule has 5 heteroatoms. The lowest BCUT2D eigenvalue weighted by molar-refractivity contribution is -0.122. The topological polar surface area (TPSA) is 71.2 Å². The van der Waals surface area contributed by atoms with Gasteiger partial charge in [0.05, 0.1) is 6.04 Å². The SMILES string of the molecule is CCN(CC)c1ccc(CNC(=O)C(C)N)cn1. The van der Waals surface area contributed by atoms with Crippen molar-refractivity contribution in [3.8, 4) is 0 Å². The molecule has 1 aromatic rings. The third kappa shape index (κ3) is 4.00. The number of pyridine rings is 1. The van der Waals surface area contributed by atoms with E-state index in [4.69, 9.17) is 5.73 Å². The van der Waals surface area contributed by atoms with Crippen LogP contribution in [-0.4, -0.2) is 30.0 Å². The van der Waals surface area contributed by atoms with Gasteiger partial charge in [0.25, 0.3) is 0 Å². The number of anilines is 1. The summed E-state index contributed by atoms with van der Waals surface area (Å²) in [6.45, 7) is 8.20. The first-order valence-corrected chi connectivity index (χ1v) is 6.31. The molecular formula is C13H22N4O. The summed E-state index contributed by atoms with van der Waals surface area (Å²) in [6, 6.07) is 3.47. The summed E-state index contributed by atoms with van der Waals surface area (Å²) < 4.78 is 0. The van der Waals surface area contributed by atoms with Crippen molar-refractivity contribution in [2.24, 2.45) is 5.73 Å². The predicted octanol–water partition coefficient (Wildman–Crippen LogP) is 0.891. The lowest BCUT2D eigenvalue weighted by atomic mass is 10.2. The molecule has 0 spiro atoms. The van der Waals surface area contributed by atoms with Gasteiger partial charge in [-0.2, -0.15) is 0 Å². The molecule has 0 radical (unpaired) electrons. The van der Waals surface area contributed by atoms with Gasteiger partial charge >= 0.3 is 0 Å². The van der Waals surface area contributed by atoms with Crippen LogP contribution in [0.5, 0.6) is 0 Å². The van der Waals surface area contributed by atoms with E-state index < -0.39 is 6.04 Å². The van der Waals surface area contributed by atoms with Gasteiger partial charge in [-0.15, -0.1) is 0 Å². The van der Waals surface area contributed by atoms with Crippen LogP contribution in [0, 0.1) is 0 Å². The Hall–Kier alpha value is -1.62. The van der Waals surface area contributed by atoms with Gasteiger partial charge in [-0.1, -0.05) is 6.07 Å². The van der Waals surface area contributed by atoms with Gasteiger partial charge < -0.3 is 16.0 Å². The van der Waals surface area contributed by atoms with Crippen LogP contribution >= 0.6 is 0 Å². The summed E-state index contributed by atoms with van der Waals surface area (Å²) in [4.78, 5) is 17.9. The maximum atomic E-state index is 11.3. The summed E-state index contributed by atoms with van der Waals surface area (Å²) in [6.07, 6.45) is 1.79. The lowest BCUT2D eigenvalue weighted by Gasteiger charge is -2.19. The molecule has 1 rings (SSSR count). The highest BCUT2D eigenvalue weighted by Gasteiger charge is 2.07. The Morgan fingerprint density at radius 1 is 1.44 bits per heavy atom. The van der Waals surface area contributed by atoms with Gasteiger partial charge in [0.15, 0.2) is 0 Å². The molecule has 0 saturated heterocycles. The Labute approximate surface area is 108 Å². The maximum Gasteiger partial charge on any atom is 0.236 e. The van der Waals surface area contributed by atoms with E-state index in [0.717, 1.165) is 24.5 Å². The predicted molar refractivity (Wildman–Crippen MR) is 73.3 cm³/mol. The zero-order valence-corrected chi connectivity index (χ0v) is 11.3. The van der Waals surface area contributed by atoms with E-state index in [1.165, 1.54) is 0 Å². The van der Waals surface area contributed by atoms with Crippen molar-refractivity contribution < 1.29 is 4.79 Å². The lowest BCUT2D eigenvalue weighted by Crippen LogP contribution is -2.37. The fourth-order valence-corrected chi connectivity index (χ4v) is 1.61. The van der Waals surface area contributed by atoms with Crippen molar-refractivity contribution in [1.82, 2.24) is 10.3 Å². The van der Waals surface area contributed by atoms with Crippen LogP contribution in [0.3, 0.4) is 0 Å². The van der Waals surface area contributed by atoms with Gasteiger partial charge in [0.2, 0.25) is 5.91 Å². The number of nitrogens with two attached hydrogens (primary N) is 1. The van der Waals surface area contributed by atoms with E-state index in [0.29, 0.717) is 6.54 Å². The van der Waals surface area contributed by atoms with E-state index in [2.05, 4.69) is 29.0 Å². The molecule has 3 N–H and O–H groups in total. The number of carbonyl (C=O) groups excluding carboxylic acids is 1. The Bertz CT molecular complexity index is 371. The highest BCUT2D eigenvalue weighted by Crippen LogP contribution is 2.10. The highest BCUT2D eigenvalue weighted by molar-refractivity contribution is 5.80. The van der Waals surface area contributed by atoms with E-state index in [1.807, 2.05) is 12.1 Å². The summed E-state index contributed by atoms with van der Waals surface area (Å²) in [5, 5.41) is 2.76. The third-order valence-electron chi connectivity index (χ3n) is 2.78. The summed E-state index contributed by atoms with van der Waals surface area (Å²) in [5.74, 6) is 0.810. The van der Waals surface area contributed by atoms with Crippen molar-refractivity contribution in [2.75, 3.05) is 18.0 Å². The molecule has 5 nitrogen and oxygen atoms in total. The molecule has 0 aromatic carbocycles.